The van der Waals surface area contributed by atoms with Crippen LogP contribution in [-0.4, -0.2) is 23.3 Å². The number of hydrogen-bond donors (Lipinski definition) is 0. The van der Waals surface area contributed by atoms with Crippen molar-refractivity contribution in [3.8, 4) is 0 Å². The number of nitrogens with zero attached hydrogens (tertiary/aromatic N) is 1. The SMILES string of the molecule is C=C(C)COC(=O)C(C)(C)C(=O)c1ccccn1. The van der Waals surface area contributed by atoms with E-state index in [1.54, 1.807) is 25.1 Å². The van der Waals surface area contributed by atoms with Gasteiger partial charge in [-0.2, -0.15) is 0 Å². The molecule has 0 radical (unpaired) electrons. The van der Waals surface area contributed by atoms with Gasteiger partial charge in [-0.05, 0) is 38.5 Å². The zero-order valence-corrected chi connectivity index (χ0v) is 10.9. The highest BCUT2D eigenvalue weighted by atomic mass is 16.5. The number of ether oxygens (including phenoxy) is 1. The number of carbonyl (C=O) groups is 2. The Kier molecular flexibility index (Phi) is 4.37. The number of hydrogen-bond acceptors (Lipinski definition) is 4. The van der Waals surface area contributed by atoms with Crippen molar-refractivity contribution >= 4 is 11.8 Å². The van der Waals surface area contributed by atoms with Crippen LogP contribution in [0, 0.1) is 5.41 Å². The molecule has 1 aromatic heterocycles. The molecule has 0 aliphatic heterocycles. The second kappa shape index (κ2) is 5.58. The third-order valence-electron chi connectivity index (χ3n) is 2.43. The van der Waals surface area contributed by atoms with E-state index in [1.807, 2.05) is 0 Å². The number of Topliss-reactive ketones (excluding diaryl/α,β-unsaturated/α-hetero) is 1. The standard InChI is InChI=1S/C14H17NO3/c1-10(2)9-18-13(17)14(3,4)12(16)11-7-5-6-8-15-11/h5-8H,1,9H2,2-4H3. The fourth-order valence-electron chi connectivity index (χ4n) is 1.28. The van der Waals surface area contributed by atoms with Crippen molar-refractivity contribution in [1.82, 2.24) is 4.98 Å². The lowest BCUT2D eigenvalue weighted by atomic mass is 9.86. The summed E-state index contributed by atoms with van der Waals surface area (Å²) >= 11 is 0. The average Bonchev–Trinajstić information content (AvgIpc) is 2.35. The molecule has 0 amide bonds. The smallest absolute Gasteiger partial charge is 0.319 e. The minimum Gasteiger partial charge on any atom is -0.460 e. The Hall–Kier alpha value is -1.97. The monoisotopic (exact) mass is 247 g/mol. The van der Waals surface area contributed by atoms with E-state index in [1.165, 1.54) is 20.0 Å². The Labute approximate surface area is 107 Å². The average molecular weight is 247 g/mol. The highest BCUT2D eigenvalue weighted by Crippen LogP contribution is 2.23. The summed E-state index contributed by atoms with van der Waals surface area (Å²) in [7, 11) is 0. The highest BCUT2D eigenvalue weighted by Gasteiger charge is 2.38. The molecular formula is C14H17NO3. The Morgan fingerprint density at radius 2 is 2.06 bits per heavy atom. The van der Waals surface area contributed by atoms with E-state index in [-0.39, 0.29) is 18.1 Å². The number of ketones is 1. The van der Waals surface area contributed by atoms with Crippen LogP contribution in [0.5, 0.6) is 0 Å². The molecule has 0 aliphatic rings. The molecule has 4 heteroatoms. The van der Waals surface area contributed by atoms with Crippen molar-refractivity contribution in [1.29, 1.82) is 0 Å². The molecule has 4 nitrogen and oxygen atoms in total. The molecule has 0 saturated heterocycles. The lowest BCUT2D eigenvalue weighted by molar-refractivity contribution is -0.150. The van der Waals surface area contributed by atoms with E-state index in [0.717, 1.165) is 5.57 Å². The van der Waals surface area contributed by atoms with E-state index in [0.29, 0.717) is 0 Å². The van der Waals surface area contributed by atoms with E-state index in [2.05, 4.69) is 11.6 Å². The Morgan fingerprint density at radius 1 is 1.39 bits per heavy atom. The van der Waals surface area contributed by atoms with Gasteiger partial charge < -0.3 is 4.74 Å². The molecule has 0 fully saturated rings. The second-order valence-corrected chi connectivity index (χ2v) is 4.70. The molecule has 0 N–H and O–H groups in total. The third-order valence-corrected chi connectivity index (χ3v) is 2.43. The summed E-state index contributed by atoms with van der Waals surface area (Å²) in [5.74, 6) is -0.920. The van der Waals surface area contributed by atoms with Gasteiger partial charge in [-0.25, -0.2) is 0 Å². The fourth-order valence-corrected chi connectivity index (χ4v) is 1.28. The lowest BCUT2D eigenvalue weighted by Crippen LogP contribution is -2.35. The largest absolute Gasteiger partial charge is 0.460 e. The van der Waals surface area contributed by atoms with Crippen LogP contribution in [0.1, 0.15) is 31.3 Å². The molecule has 96 valence electrons. The molecular weight excluding hydrogens is 230 g/mol. The number of esters is 1. The molecule has 1 aromatic rings. The van der Waals surface area contributed by atoms with Crippen LogP contribution in [-0.2, 0) is 9.53 Å². The molecule has 0 saturated carbocycles. The van der Waals surface area contributed by atoms with Crippen molar-refractivity contribution in [3.63, 3.8) is 0 Å². The number of carbonyl (C=O) groups excluding carboxylic acids is 2. The van der Waals surface area contributed by atoms with E-state index >= 15 is 0 Å². The fraction of sp³-hybridized carbons (Fsp3) is 0.357. The number of rotatable bonds is 5. The van der Waals surface area contributed by atoms with Crippen LogP contribution in [0.3, 0.4) is 0 Å². The first kappa shape index (κ1) is 14.1. The summed E-state index contributed by atoms with van der Waals surface area (Å²) in [4.78, 5) is 28.0. The maximum absolute atomic E-state index is 12.2. The summed E-state index contributed by atoms with van der Waals surface area (Å²) in [5, 5.41) is 0. The molecule has 0 spiro atoms. The zero-order valence-electron chi connectivity index (χ0n) is 10.9. The maximum Gasteiger partial charge on any atom is 0.319 e. The summed E-state index contributed by atoms with van der Waals surface area (Å²) in [5.41, 5.74) is -0.261. The van der Waals surface area contributed by atoms with Crippen molar-refractivity contribution in [3.05, 3.63) is 42.2 Å². The van der Waals surface area contributed by atoms with Crippen LogP contribution < -0.4 is 0 Å². The number of aromatic nitrogens is 1. The van der Waals surface area contributed by atoms with Crippen molar-refractivity contribution in [2.24, 2.45) is 5.41 Å². The Balaban J connectivity index is 2.83. The number of pyridine rings is 1. The normalized spacial score (nSPS) is 10.8. The van der Waals surface area contributed by atoms with Gasteiger partial charge in [0.25, 0.3) is 0 Å². The van der Waals surface area contributed by atoms with Gasteiger partial charge in [0, 0.05) is 6.20 Å². The summed E-state index contributed by atoms with van der Waals surface area (Å²) in [6.07, 6.45) is 1.52. The first-order chi connectivity index (χ1) is 8.35. The van der Waals surface area contributed by atoms with Gasteiger partial charge in [0.1, 0.15) is 17.7 Å². The molecule has 0 aromatic carbocycles. The Morgan fingerprint density at radius 3 is 2.56 bits per heavy atom. The van der Waals surface area contributed by atoms with Crippen LogP contribution >= 0.6 is 0 Å². The van der Waals surface area contributed by atoms with Crippen molar-refractivity contribution in [2.75, 3.05) is 6.61 Å². The van der Waals surface area contributed by atoms with E-state index < -0.39 is 11.4 Å². The van der Waals surface area contributed by atoms with Gasteiger partial charge in [-0.1, -0.05) is 12.6 Å². The van der Waals surface area contributed by atoms with E-state index in [9.17, 15) is 9.59 Å². The summed E-state index contributed by atoms with van der Waals surface area (Å²) in [6, 6.07) is 4.99. The van der Waals surface area contributed by atoms with E-state index in [4.69, 9.17) is 4.74 Å². The minimum atomic E-state index is -1.25. The van der Waals surface area contributed by atoms with Gasteiger partial charge in [-0.15, -0.1) is 0 Å². The lowest BCUT2D eigenvalue weighted by Gasteiger charge is -2.20. The van der Waals surface area contributed by atoms with Gasteiger partial charge in [0.2, 0.25) is 0 Å². The molecule has 0 atom stereocenters. The van der Waals surface area contributed by atoms with Gasteiger partial charge in [0.15, 0.2) is 5.78 Å². The van der Waals surface area contributed by atoms with Crippen LogP contribution in [0.15, 0.2) is 36.5 Å². The highest BCUT2D eigenvalue weighted by molar-refractivity contribution is 6.10. The quantitative estimate of drug-likeness (QED) is 0.347. The van der Waals surface area contributed by atoms with Crippen molar-refractivity contribution in [2.45, 2.75) is 20.8 Å². The third kappa shape index (κ3) is 3.26. The predicted octanol–water partition coefficient (Wildman–Crippen LogP) is 2.41. The molecule has 18 heavy (non-hydrogen) atoms. The first-order valence-electron chi connectivity index (χ1n) is 5.63. The van der Waals surface area contributed by atoms with Crippen LogP contribution in [0.25, 0.3) is 0 Å². The van der Waals surface area contributed by atoms with Crippen LogP contribution in [0.4, 0.5) is 0 Å². The maximum atomic E-state index is 12.2. The minimum absolute atomic E-state index is 0.123. The molecule has 1 rings (SSSR count). The predicted molar refractivity (Wildman–Crippen MR) is 68.1 cm³/mol. The Bertz CT molecular complexity index is 463. The molecule has 0 aliphatic carbocycles. The molecule has 0 unspecified atom stereocenters. The first-order valence-corrected chi connectivity index (χ1v) is 5.63. The van der Waals surface area contributed by atoms with Crippen LogP contribution in [0.2, 0.25) is 0 Å². The molecule has 1 heterocycles. The van der Waals surface area contributed by atoms with Gasteiger partial charge >= 0.3 is 5.97 Å². The summed E-state index contributed by atoms with van der Waals surface area (Å²) < 4.78 is 5.02. The summed E-state index contributed by atoms with van der Waals surface area (Å²) in [6.45, 7) is 8.58. The second-order valence-electron chi connectivity index (χ2n) is 4.70. The molecule has 0 bridgehead atoms. The topological polar surface area (TPSA) is 56.3 Å². The van der Waals surface area contributed by atoms with Crippen molar-refractivity contribution < 1.29 is 14.3 Å². The van der Waals surface area contributed by atoms with Gasteiger partial charge in [0.05, 0.1) is 0 Å². The van der Waals surface area contributed by atoms with Gasteiger partial charge in [-0.3, -0.25) is 14.6 Å². The zero-order chi connectivity index (χ0) is 13.8.